The van der Waals surface area contributed by atoms with Gasteiger partial charge in [-0.25, -0.2) is 0 Å². The van der Waals surface area contributed by atoms with Crippen molar-refractivity contribution in [3.8, 4) is 0 Å². The highest BCUT2D eigenvalue weighted by Crippen LogP contribution is 2.60. The Kier molecular flexibility index (Phi) is 1.77. The molecule has 3 nitrogen and oxygen atoms in total. The van der Waals surface area contributed by atoms with Crippen molar-refractivity contribution in [1.29, 1.82) is 0 Å². The molecule has 15 heavy (non-hydrogen) atoms. The summed E-state index contributed by atoms with van der Waals surface area (Å²) < 4.78 is 5.01. The molecule has 0 aromatic heterocycles. The minimum absolute atomic E-state index is 0.0321. The van der Waals surface area contributed by atoms with Gasteiger partial charge in [-0.1, -0.05) is 0 Å². The van der Waals surface area contributed by atoms with E-state index in [9.17, 15) is 4.79 Å². The molecule has 3 heteroatoms. The lowest BCUT2D eigenvalue weighted by Crippen LogP contribution is -2.80. The zero-order valence-electron chi connectivity index (χ0n) is 9.42. The van der Waals surface area contributed by atoms with Gasteiger partial charge in [0, 0.05) is 19.3 Å². The lowest BCUT2D eigenvalue weighted by atomic mass is 9.47. The standard InChI is InChI=1S/C12H19NO2/c1-15-10(14)11-3-8-2-9(4-11)6-12(13,5-8)7-11/h8-9H,2-7,13H2,1H3/p+1/t8-,9-,11?,12?/m1/s1. The van der Waals surface area contributed by atoms with Crippen LogP contribution in [-0.2, 0) is 9.53 Å². The molecule has 0 aromatic rings. The molecular formula is C12H20NO2+. The molecule has 4 fully saturated rings. The summed E-state index contributed by atoms with van der Waals surface area (Å²) in [6.07, 6.45) is 6.90. The zero-order chi connectivity index (χ0) is 10.7. The summed E-state index contributed by atoms with van der Waals surface area (Å²) in [6.45, 7) is 0. The van der Waals surface area contributed by atoms with Crippen LogP contribution in [0.1, 0.15) is 38.5 Å². The Labute approximate surface area is 90.4 Å². The molecule has 4 aliphatic carbocycles. The first-order chi connectivity index (χ1) is 7.05. The maximum Gasteiger partial charge on any atom is 0.312 e. The Morgan fingerprint density at radius 2 is 1.87 bits per heavy atom. The summed E-state index contributed by atoms with van der Waals surface area (Å²) in [6, 6.07) is 0. The van der Waals surface area contributed by atoms with Gasteiger partial charge in [0.1, 0.15) is 0 Å². The van der Waals surface area contributed by atoms with Gasteiger partial charge in [-0.2, -0.15) is 0 Å². The fraction of sp³-hybridized carbons (Fsp3) is 0.917. The molecule has 0 spiro atoms. The topological polar surface area (TPSA) is 53.9 Å². The number of hydrogen-bond donors (Lipinski definition) is 1. The second-order valence-electron chi connectivity index (χ2n) is 6.23. The van der Waals surface area contributed by atoms with Crippen LogP contribution >= 0.6 is 0 Å². The predicted molar refractivity (Wildman–Crippen MR) is 54.8 cm³/mol. The van der Waals surface area contributed by atoms with Crippen molar-refractivity contribution in [2.24, 2.45) is 17.3 Å². The van der Waals surface area contributed by atoms with Crippen LogP contribution in [0.15, 0.2) is 0 Å². The number of esters is 1. The molecule has 4 aliphatic rings. The lowest BCUT2D eigenvalue weighted by molar-refractivity contribution is -0.508. The normalized spacial score (nSPS) is 51.9. The van der Waals surface area contributed by atoms with Gasteiger partial charge in [0.15, 0.2) is 0 Å². The molecule has 0 aliphatic heterocycles. The number of carbonyl (C=O) groups excluding carboxylic acids is 1. The Bertz CT molecular complexity index is 299. The number of carbonyl (C=O) groups is 1. The van der Waals surface area contributed by atoms with Crippen molar-refractivity contribution < 1.29 is 15.3 Å². The van der Waals surface area contributed by atoms with E-state index in [-0.39, 0.29) is 16.9 Å². The second kappa shape index (κ2) is 2.76. The molecule has 0 amide bonds. The molecule has 0 radical (unpaired) electrons. The fourth-order valence-electron chi connectivity index (χ4n) is 4.91. The average molecular weight is 210 g/mol. The highest BCUT2D eigenvalue weighted by atomic mass is 16.5. The summed E-state index contributed by atoms with van der Waals surface area (Å²) in [5.74, 6) is 1.51. The first-order valence-corrected chi connectivity index (χ1v) is 5.99. The third-order valence-electron chi connectivity index (χ3n) is 4.80. The molecule has 4 rings (SSSR count). The van der Waals surface area contributed by atoms with E-state index in [1.807, 2.05) is 0 Å². The summed E-state index contributed by atoms with van der Waals surface area (Å²) in [5.41, 5.74) is 4.42. The summed E-state index contributed by atoms with van der Waals surface area (Å²) in [4.78, 5) is 12.0. The van der Waals surface area contributed by atoms with Crippen molar-refractivity contribution in [2.45, 2.75) is 44.1 Å². The fourth-order valence-corrected chi connectivity index (χ4v) is 4.91. The van der Waals surface area contributed by atoms with Crippen LogP contribution in [-0.4, -0.2) is 18.6 Å². The maximum absolute atomic E-state index is 12.0. The first-order valence-electron chi connectivity index (χ1n) is 5.99. The number of methoxy groups -OCH3 is 1. The van der Waals surface area contributed by atoms with Crippen LogP contribution < -0.4 is 5.73 Å². The van der Waals surface area contributed by atoms with Crippen LogP contribution in [0.25, 0.3) is 0 Å². The number of hydrogen-bond acceptors (Lipinski definition) is 2. The zero-order valence-corrected chi connectivity index (χ0v) is 9.42. The van der Waals surface area contributed by atoms with E-state index < -0.39 is 0 Å². The third kappa shape index (κ3) is 1.25. The van der Waals surface area contributed by atoms with Crippen molar-refractivity contribution in [3.63, 3.8) is 0 Å². The summed E-state index contributed by atoms with van der Waals surface area (Å²) in [5, 5.41) is 0. The number of quaternary nitrogens is 1. The van der Waals surface area contributed by atoms with Gasteiger partial charge < -0.3 is 10.5 Å². The van der Waals surface area contributed by atoms with Crippen molar-refractivity contribution in [2.75, 3.05) is 7.11 Å². The van der Waals surface area contributed by atoms with E-state index in [0.717, 1.165) is 31.1 Å². The van der Waals surface area contributed by atoms with E-state index in [1.165, 1.54) is 26.4 Å². The van der Waals surface area contributed by atoms with E-state index in [1.54, 1.807) is 0 Å². The van der Waals surface area contributed by atoms with E-state index in [4.69, 9.17) is 4.74 Å². The Balaban J connectivity index is 1.96. The van der Waals surface area contributed by atoms with Gasteiger partial charge >= 0.3 is 5.97 Å². The molecule has 3 N–H and O–H groups in total. The van der Waals surface area contributed by atoms with Crippen LogP contribution in [0, 0.1) is 17.3 Å². The van der Waals surface area contributed by atoms with Gasteiger partial charge in [0.25, 0.3) is 0 Å². The summed E-state index contributed by atoms with van der Waals surface area (Å²) >= 11 is 0. The SMILES string of the molecule is COC(=O)C12C[C@H]3C[C@@H](CC([NH3+])(C3)C1)C2. The predicted octanol–water partition coefficient (Wildman–Crippen LogP) is 0.740. The van der Waals surface area contributed by atoms with E-state index in [2.05, 4.69) is 5.73 Å². The Morgan fingerprint density at radius 3 is 2.33 bits per heavy atom. The van der Waals surface area contributed by atoms with E-state index >= 15 is 0 Å². The first kappa shape index (κ1) is 9.64. The highest BCUT2D eigenvalue weighted by Gasteiger charge is 2.61. The Hall–Kier alpha value is -0.570. The minimum atomic E-state index is -0.152. The number of rotatable bonds is 1. The summed E-state index contributed by atoms with van der Waals surface area (Å²) in [7, 11) is 1.52. The van der Waals surface area contributed by atoms with Crippen molar-refractivity contribution >= 4 is 5.97 Å². The maximum atomic E-state index is 12.0. The average Bonchev–Trinajstić information content (AvgIpc) is 2.12. The highest BCUT2D eigenvalue weighted by molar-refractivity contribution is 5.77. The minimum Gasteiger partial charge on any atom is -0.469 e. The molecule has 84 valence electrons. The quantitative estimate of drug-likeness (QED) is 0.649. The molecule has 2 atom stereocenters. The van der Waals surface area contributed by atoms with Gasteiger partial charge in [-0.05, 0) is 31.1 Å². The smallest absolute Gasteiger partial charge is 0.312 e. The third-order valence-corrected chi connectivity index (χ3v) is 4.80. The van der Waals surface area contributed by atoms with Crippen molar-refractivity contribution in [3.05, 3.63) is 0 Å². The second-order valence-corrected chi connectivity index (χ2v) is 6.23. The Morgan fingerprint density at radius 1 is 1.27 bits per heavy atom. The largest absolute Gasteiger partial charge is 0.469 e. The van der Waals surface area contributed by atoms with Crippen LogP contribution in [0.2, 0.25) is 0 Å². The van der Waals surface area contributed by atoms with Crippen LogP contribution in [0.4, 0.5) is 0 Å². The lowest BCUT2D eigenvalue weighted by Gasteiger charge is -2.57. The van der Waals surface area contributed by atoms with Gasteiger partial charge in [0.2, 0.25) is 0 Å². The number of ether oxygens (including phenoxy) is 1. The van der Waals surface area contributed by atoms with Gasteiger partial charge in [0.05, 0.1) is 18.1 Å². The van der Waals surface area contributed by atoms with Crippen LogP contribution in [0.3, 0.4) is 0 Å². The molecule has 0 saturated heterocycles. The van der Waals surface area contributed by atoms with Gasteiger partial charge in [-0.3, -0.25) is 4.79 Å². The molecular weight excluding hydrogens is 190 g/mol. The van der Waals surface area contributed by atoms with Gasteiger partial charge in [-0.15, -0.1) is 0 Å². The molecule has 4 saturated carbocycles. The molecule has 0 aromatic carbocycles. The van der Waals surface area contributed by atoms with E-state index in [0.29, 0.717) is 0 Å². The molecule has 0 unspecified atom stereocenters. The molecule has 0 heterocycles. The molecule has 4 bridgehead atoms. The monoisotopic (exact) mass is 210 g/mol. The van der Waals surface area contributed by atoms with Crippen LogP contribution in [0.5, 0.6) is 0 Å². The van der Waals surface area contributed by atoms with Crippen molar-refractivity contribution in [1.82, 2.24) is 0 Å².